The van der Waals surface area contributed by atoms with Gasteiger partial charge in [-0.1, -0.05) is 127 Å². The second-order valence-corrected chi connectivity index (χ2v) is 23.8. The van der Waals surface area contributed by atoms with E-state index in [0.29, 0.717) is 0 Å². The van der Waals surface area contributed by atoms with Crippen LogP contribution in [0.15, 0.2) is 138 Å². The molecule has 1 aliphatic heterocycles. The summed E-state index contributed by atoms with van der Waals surface area (Å²) in [4.78, 5) is 0. The van der Waals surface area contributed by atoms with E-state index in [1.54, 1.807) is 0 Å². The van der Waals surface area contributed by atoms with Crippen molar-refractivity contribution in [3.8, 4) is 16.8 Å². The molecule has 0 bridgehead atoms. The SMILES string of the molecule is CC(C)(C)c1ccc(Nc2cc3c(cc2-c2c4c5c(c6cc7c(cc6n5-c5cc6sc8ccccc8c6cc5B4)C(C)(C)CCC7(C)C)c4c2oc2ccccc24)sc2ccccc23)cc1. The van der Waals surface area contributed by atoms with E-state index in [1.807, 2.05) is 22.7 Å². The number of aromatic nitrogens is 1. The summed E-state index contributed by atoms with van der Waals surface area (Å²) in [5.41, 5.74) is 17.4. The van der Waals surface area contributed by atoms with Crippen LogP contribution >= 0.6 is 22.7 Å². The van der Waals surface area contributed by atoms with Gasteiger partial charge in [0.25, 0.3) is 0 Å². The van der Waals surface area contributed by atoms with Crippen LogP contribution in [0.1, 0.15) is 78.0 Å². The van der Waals surface area contributed by atoms with E-state index in [0.717, 1.165) is 41.6 Å². The third kappa shape index (κ3) is 5.37. The number of para-hydroxylation sites is 1. The van der Waals surface area contributed by atoms with Crippen molar-refractivity contribution in [2.45, 2.75) is 77.6 Å². The predicted octanol–water partition coefficient (Wildman–Crippen LogP) is 16.2. The highest BCUT2D eigenvalue weighted by Crippen LogP contribution is 2.53. The summed E-state index contributed by atoms with van der Waals surface area (Å²) >= 11 is 3.80. The molecule has 2 aliphatic rings. The van der Waals surface area contributed by atoms with E-state index in [2.05, 4.69) is 192 Å². The molecular weight excluding hydrogens is 840 g/mol. The van der Waals surface area contributed by atoms with Gasteiger partial charge in [0, 0.05) is 84.7 Å². The molecule has 66 heavy (non-hydrogen) atoms. The summed E-state index contributed by atoms with van der Waals surface area (Å²) in [5, 5.41) is 14.3. The number of fused-ring (bicyclic) bond motifs is 16. The van der Waals surface area contributed by atoms with Crippen LogP contribution in [0.2, 0.25) is 0 Å². The number of nitrogens with one attached hydrogen (secondary N) is 1. The zero-order valence-electron chi connectivity index (χ0n) is 38.5. The maximum Gasteiger partial charge on any atom is 0.198 e. The van der Waals surface area contributed by atoms with Crippen LogP contribution in [0, 0.1) is 0 Å². The largest absolute Gasteiger partial charge is 0.455 e. The van der Waals surface area contributed by atoms with Crippen LogP contribution in [0.5, 0.6) is 0 Å². The van der Waals surface area contributed by atoms with Gasteiger partial charge in [0.2, 0.25) is 0 Å². The quantitative estimate of drug-likeness (QED) is 0.179. The molecule has 0 amide bonds. The Morgan fingerprint density at radius 2 is 1.23 bits per heavy atom. The van der Waals surface area contributed by atoms with E-state index in [9.17, 15) is 0 Å². The number of hydrogen-bond donors (Lipinski definition) is 1. The van der Waals surface area contributed by atoms with Crippen molar-refractivity contribution < 1.29 is 4.42 Å². The zero-order chi connectivity index (χ0) is 44.6. The Balaban J connectivity index is 1.17. The van der Waals surface area contributed by atoms with Crippen molar-refractivity contribution in [3.05, 3.63) is 150 Å². The smallest absolute Gasteiger partial charge is 0.198 e. The van der Waals surface area contributed by atoms with Gasteiger partial charge in [0.15, 0.2) is 7.28 Å². The number of thiophene rings is 2. The molecule has 0 unspecified atom stereocenters. The summed E-state index contributed by atoms with van der Waals surface area (Å²) in [6, 6.07) is 50.7. The Morgan fingerprint density at radius 1 is 0.606 bits per heavy atom. The molecule has 3 nitrogen and oxygen atoms in total. The fourth-order valence-electron chi connectivity index (χ4n) is 12.0. The van der Waals surface area contributed by atoms with Crippen molar-refractivity contribution in [2.24, 2.45) is 0 Å². The second kappa shape index (κ2) is 13.2. The van der Waals surface area contributed by atoms with E-state index >= 15 is 0 Å². The maximum absolute atomic E-state index is 7.36. The summed E-state index contributed by atoms with van der Waals surface area (Å²) in [6.07, 6.45) is 2.33. The lowest BCUT2D eigenvalue weighted by Crippen LogP contribution is -2.37. The lowest BCUT2D eigenvalue weighted by Gasteiger charge is -2.42. The first-order valence-electron chi connectivity index (χ1n) is 23.6. The van der Waals surface area contributed by atoms with Gasteiger partial charge < -0.3 is 14.3 Å². The average Bonchev–Trinajstić information content (AvgIpc) is 4.06. The fourth-order valence-corrected chi connectivity index (χ4v) is 14.2. The van der Waals surface area contributed by atoms with E-state index in [-0.39, 0.29) is 16.2 Å². The van der Waals surface area contributed by atoms with Crippen LogP contribution < -0.4 is 16.2 Å². The number of anilines is 2. The zero-order valence-corrected chi connectivity index (χ0v) is 40.1. The number of nitrogens with zero attached hydrogens (tertiary/aromatic N) is 1. The van der Waals surface area contributed by atoms with E-state index < -0.39 is 0 Å². The van der Waals surface area contributed by atoms with Gasteiger partial charge in [-0.25, -0.2) is 0 Å². The van der Waals surface area contributed by atoms with Crippen LogP contribution in [-0.2, 0) is 16.2 Å². The molecule has 0 saturated carbocycles. The van der Waals surface area contributed by atoms with Gasteiger partial charge in [-0.3, -0.25) is 0 Å². The topological polar surface area (TPSA) is 30.1 Å². The molecule has 1 N–H and O–H groups in total. The van der Waals surface area contributed by atoms with Crippen molar-refractivity contribution in [3.63, 3.8) is 0 Å². The summed E-state index contributed by atoms with van der Waals surface area (Å²) in [5.74, 6) is 0. The molecule has 5 heterocycles. The highest BCUT2D eigenvalue weighted by Gasteiger charge is 2.40. The molecule has 1 aliphatic carbocycles. The summed E-state index contributed by atoms with van der Waals surface area (Å²) in [6.45, 7) is 16.7. The summed E-state index contributed by atoms with van der Waals surface area (Å²) < 4.78 is 15.3. The summed E-state index contributed by atoms with van der Waals surface area (Å²) in [7, 11) is 0.783. The normalized spacial score (nSPS) is 15.4. The highest BCUT2D eigenvalue weighted by atomic mass is 32.1. The molecule has 6 heteroatoms. The van der Waals surface area contributed by atoms with Crippen LogP contribution in [0.3, 0.4) is 0 Å². The Labute approximate surface area is 392 Å². The molecule has 0 atom stereocenters. The minimum absolute atomic E-state index is 0.0552. The Kier molecular flexibility index (Phi) is 7.77. The first kappa shape index (κ1) is 38.9. The van der Waals surface area contributed by atoms with Gasteiger partial charge in [-0.2, -0.15) is 0 Å². The molecule has 320 valence electrons. The van der Waals surface area contributed by atoms with E-state index in [1.165, 1.54) is 118 Å². The Bertz CT molecular complexity index is 4090. The predicted molar refractivity (Wildman–Crippen MR) is 289 cm³/mol. The maximum atomic E-state index is 7.36. The number of rotatable bonds is 3. The van der Waals surface area contributed by atoms with Crippen LogP contribution in [0.25, 0.3) is 101 Å². The lowest BCUT2D eigenvalue weighted by molar-refractivity contribution is 0.332. The van der Waals surface area contributed by atoms with Gasteiger partial charge in [-0.05, 0) is 117 Å². The number of hydrogen-bond acceptors (Lipinski definition) is 4. The number of furan rings is 1. The second-order valence-electron chi connectivity index (χ2n) is 21.6. The number of benzene rings is 8. The molecule has 0 spiro atoms. The molecule has 12 aromatic rings. The van der Waals surface area contributed by atoms with Crippen molar-refractivity contribution in [1.82, 2.24) is 4.57 Å². The van der Waals surface area contributed by atoms with Crippen LogP contribution in [-0.4, -0.2) is 11.8 Å². The first-order valence-corrected chi connectivity index (χ1v) is 25.2. The van der Waals surface area contributed by atoms with Gasteiger partial charge in [-0.15, -0.1) is 22.7 Å². The van der Waals surface area contributed by atoms with Crippen molar-refractivity contribution in [1.29, 1.82) is 0 Å². The fraction of sp³-hybridized carbons (Fsp3) is 0.200. The minimum Gasteiger partial charge on any atom is -0.455 e. The molecule has 0 saturated heterocycles. The third-order valence-corrected chi connectivity index (χ3v) is 17.9. The van der Waals surface area contributed by atoms with E-state index in [4.69, 9.17) is 4.42 Å². The minimum atomic E-state index is 0.0552. The molecule has 8 aromatic carbocycles. The van der Waals surface area contributed by atoms with Crippen LogP contribution in [0.4, 0.5) is 11.4 Å². The standard InChI is InChI=1S/C60H49BN2OS2/c1-58(2,3)32-20-22-33(23-21-32)62-44-28-38-35-15-10-13-19-49(35)65-50(38)29-39(44)54-55-56-52(53-36-16-8-11-17-47(36)64-57(53)54)40-26-41-42(60(6,7)25-24-59(41,4)5)30-45(40)63(56)46-31-51-37(27-43(46)61-55)34-14-9-12-18-48(34)66-51/h8-23,26-31,61-62H,24-25H2,1-7H3. The molecular formula is C60H49BN2OS2. The molecule has 4 aromatic heterocycles. The molecule has 14 rings (SSSR count). The van der Waals surface area contributed by atoms with Crippen molar-refractivity contribution >= 4 is 136 Å². The Morgan fingerprint density at radius 3 is 1.92 bits per heavy atom. The van der Waals surface area contributed by atoms with Gasteiger partial charge >= 0.3 is 0 Å². The molecule has 0 radical (unpaired) electrons. The first-order chi connectivity index (χ1) is 31.8. The van der Waals surface area contributed by atoms with Gasteiger partial charge in [0.1, 0.15) is 11.2 Å². The third-order valence-electron chi connectivity index (χ3n) is 15.6. The highest BCUT2D eigenvalue weighted by molar-refractivity contribution is 7.26. The Hall–Kier alpha value is -6.34. The van der Waals surface area contributed by atoms with Gasteiger partial charge in [0.05, 0.1) is 11.0 Å². The molecule has 0 fully saturated rings. The monoisotopic (exact) mass is 888 g/mol. The lowest BCUT2D eigenvalue weighted by atomic mass is 9.58. The average molecular weight is 889 g/mol. The van der Waals surface area contributed by atoms with Crippen molar-refractivity contribution in [2.75, 3.05) is 5.32 Å².